The van der Waals surface area contributed by atoms with E-state index in [1.54, 1.807) is 13.0 Å². The Morgan fingerprint density at radius 3 is 2.58 bits per heavy atom. The molecule has 1 fully saturated rings. The number of hydrogen-bond acceptors (Lipinski definition) is 6. The standard InChI is InChI=1S/C16H22N4O4/c1-5-24-15(22)13-12(9-8-11-7-6-10-19(11)4)14(21)20(17-13)16(23)18(2)3/h8-9H,5-7,10H2,1-4H3/b11-8-,12-9+. The van der Waals surface area contributed by atoms with Crippen LogP contribution < -0.4 is 0 Å². The summed E-state index contributed by atoms with van der Waals surface area (Å²) in [7, 11) is 4.98. The minimum Gasteiger partial charge on any atom is -0.461 e. The van der Waals surface area contributed by atoms with Gasteiger partial charge in [0, 0.05) is 33.4 Å². The molecule has 0 bridgehead atoms. The molecule has 0 aromatic carbocycles. The summed E-state index contributed by atoms with van der Waals surface area (Å²) in [5.74, 6) is -1.35. The number of allylic oxidation sites excluding steroid dienone is 3. The van der Waals surface area contributed by atoms with E-state index < -0.39 is 17.9 Å². The van der Waals surface area contributed by atoms with E-state index in [1.807, 2.05) is 7.05 Å². The lowest BCUT2D eigenvalue weighted by molar-refractivity contribution is -0.135. The molecular formula is C16H22N4O4. The maximum atomic E-state index is 12.5. The van der Waals surface area contributed by atoms with E-state index >= 15 is 0 Å². The van der Waals surface area contributed by atoms with Crippen LogP contribution in [0.2, 0.25) is 0 Å². The number of hydrazone groups is 1. The monoisotopic (exact) mass is 334 g/mol. The molecule has 2 rings (SSSR count). The number of esters is 1. The van der Waals surface area contributed by atoms with Crippen molar-refractivity contribution in [2.24, 2.45) is 5.10 Å². The predicted octanol–water partition coefficient (Wildman–Crippen LogP) is 0.965. The third kappa shape index (κ3) is 3.47. The number of carbonyl (C=O) groups excluding carboxylic acids is 3. The zero-order chi connectivity index (χ0) is 17.9. The molecule has 130 valence electrons. The molecule has 8 nitrogen and oxygen atoms in total. The minimum absolute atomic E-state index is 0.0662. The van der Waals surface area contributed by atoms with Crippen molar-refractivity contribution < 1.29 is 19.1 Å². The minimum atomic E-state index is -0.718. The lowest BCUT2D eigenvalue weighted by Crippen LogP contribution is -2.37. The summed E-state index contributed by atoms with van der Waals surface area (Å²) in [6.07, 6.45) is 5.28. The van der Waals surface area contributed by atoms with Gasteiger partial charge >= 0.3 is 12.0 Å². The smallest absolute Gasteiger partial charge is 0.359 e. The van der Waals surface area contributed by atoms with Gasteiger partial charge in [-0.25, -0.2) is 9.59 Å². The van der Waals surface area contributed by atoms with Crippen LogP contribution in [0.25, 0.3) is 0 Å². The fraction of sp³-hybridized carbons (Fsp3) is 0.500. The quantitative estimate of drug-likeness (QED) is 0.567. The van der Waals surface area contributed by atoms with Crippen molar-refractivity contribution >= 4 is 23.6 Å². The van der Waals surface area contributed by atoms with Crippen LogP contribution in [0, 0.1) is 0 Å². The average molecular weight is 334 g/mol. The van der Waals surface area contributed by atoms with Crippen LogP contribution in [0.15, 0.2) is 28.5 Å². The van der Waals surface area contributed by atoms with Crippen LogP contribution in [0.5, 0.6) is 0 Å². The molecular weight excluding hydrogens is 312 g/mol. The molecule has 24 heavy (non-hydrogen) atoms. The molecule has 0 atom stereocenters. The second-order valence-electron chi connectivity index (χ2n) is 5.73. The molecule has 2 heterocycles. The van der Waals surface area contributed by atoms with Crippen molar-refractivity contribution in [3.05, 3.63) is 23.4 Å². The second-order valence-corrected chi connectivity index (χ2v) is 5.73. The molecule has 0 spiro atoms. The van der Waals surface area contributed by atoms with Gasteiger partial charge < -0.3 is 14.5 Å². The highest BCUT2D eigenvalue weighted by Crippen LogP contribution is 2.21. The van der Waals surface area contributed by atoms with Gasteiger partial charge in [0.15, 0.2) is 5.71 Å². The Hall–Kier alpha value is -2.64. The first kappa shape index (κ1) is 17.7. The van der Waals surface area contributed by atoms with Gasteiger partial charge in [-0.15, -0.1) is 5.01 Å². The zero-order valence-corrected chi connectivity index (χ0v) is 14.4. The molecule has 0 saturated carbocycles. The Bertz CT molecular complexity index is 648. The van der Waals surface area contributed by atoms with Crippen molar-refractivity contribution in [1.29, 1.82) is 0 Å². The topological polar surface area (TPSA) is 82.5 Å². The lowest BCUT2D eigenvalue weighted by atomic mass is 10.1. The normalized spacial score (nSPS) is 20.8. The zero-order valence-electron chi connectivity index (χ0n) is 14.4. The summed E-state index contributed by atoms with van der Waals surface area (Å²) in [6, 6.07) is -0.615. The molecule has 0 aromatic heterocycles. The van der Waals surface area contributed by atoms with Crippen LogP contribution in [-0.4, -0.2) is 72.7 Å². The lowest BCUT2D eigenvalue weighted by Gasteiger charge is -2.15. The number of rotatable bonds is 3. The Labute approximate surface area is 141 Å². The van der Waals surface area contributed by atoms with Gasteiger partial charge in [0.2, 0.25) is 0 Å². The number of hydrogen-bond donors (Lipinski definition) is 0. The van der Waals surface area contributed by atoms with Crippen molar-refractivity contribution in [3.8, 4) is 0 Å². The summed E-state index contributed by atoms with van der Waals surface area (Å²) < 4.78 is 4.94. The summed E-state index contributed by atoms with van der Waals surface area (Å²) in [5, 5.41) is 4.57. The first-order valence-electron chi connectivity index (χ1n) is 7.80. The summed E-state index contributed by atoms with van der Waals surface area (Å²) in [5.41, 5.74) is 0.988. The second kappa shape index (κ2) is 7.29. The van der Waals surface area contributed by atoms with Crippen LogP contribution in [-0.2, 0) is 14.3 Å². The SMILES string of the molecule is CCOC(=O)C1=NN(C(=O)N(C)C)C(=O)/C1=C/C=C1/CCCN1C. The Morgan fingerprint density at radius 1 is 1.33 bits per heavy atom. The van der Waals surface area contributed by atoms with Gasteiger partial charge in [0.25, 0.3) is 5.91 Å². The fourth-order valence-corrected chi connectivity index (χ4v) is 2.46. The molecule has 2 aliphatic heterocycles. The molecule has 0 aromatic rings. The molecule has 0 unspecified atom stereocenters. The number of imide groups is 1. The van der Waals surface area contributed by atoms with Crippen molar-refractivity contribution in [1.82, 2.24) is 14.8 Å². The highest BCUT2D eigenvalue weighted by atomic mass is 16.5. The molecule has 0 radical (unpaired) electrons. The molecule has 8 heteroatoms. The molecule has 0 aliphatic carbocycles. The third-order valence-corrected chi connectivity index (χ3v) is 3.77. The maximum Gasteiger partial charge on any atom is 0.359 e. The van der Waals surface area contributed by atoms with Gasteiger partial charge in [0.05, 0.1) is 12.2 Å². The van der Waals surface area contributed by atoms with E-state index in [2.05, 4.69) is 10.0 Å². The number of ether oxygens (including phenoxy) is 1. The molecule has 0 N–H and O–H groups in total. The maximum absolute atomic E-state index is 12.5. The van der Waals surface area contributed by atoms with Gasteiger partial charge in [-0.1, -0.05) is 0 Å². The van der Waals surface area contributed by atoms with Crippen molar-refractivity contribution in [2.45, 2.75) is 19.8 Å². The van der Waals surface area contributed by atoms with Crippen LogP contribution in [0.1, 0.15) is 19.8 Å². The first-order chi connectivity index (χ1) is 11.4. The molecule has 1 saturated heterocycles. The molecule has 3 amide bonds. The van der Waals surface area contributed by atoms with E-state index in [9.17, 15) is 14.4 Å². The summed E-state index contributed by atoms with van der Waals surface area (Å²) in [4.78, 5) is 39.9. The van der Waals surface area contributed by atoms with Crippen LogP contribution in [0.3, 0.4) is 0 Å². The highest BCUT2D eigenvalue weighted by Gasteiger charge is 2.38. The van der Waals surface area contributed by atoms with E-state index in [1.165, 1.54) is 25.1 Å². The predicted molar refractivity (Wildman–Crippen MR) is 88.0 cm³/mol. The van der Waals surface area contributed by atoms with Crippen molar-refractivity contribution in [2.75, 3.05) is 34.3 Å². The number of carbonyl (C=O) groups is 3. The van der Waals surface area contributed by atoms with E-state index in [0.29, 0.717) is 5.01 Å². The number of nitrogens with zero attached hydrogens (tertiary/aromatic N) is 4. The Morgan fingerprint density at radius 2 is 2.04 bits per heavy atom. The van der Waals surface area contributed by atoms with Crippen LogP contribution in [0.4, 0.5) is 4.79 Å². The molecule has 2 aliphatic rings. The number of amides is 3. The van der Waals surface area contributed by atoms with Gasteiger partial charge in [0.1, 0.15) is 0 Å². The number of urea groups is 1. The van der Waals surface area contributed by atoms with Crippen molar-refractivity contribution in [3.63, 3.8) is 0 Å². The first-order valence-corrected chi connectivity index (χ1v) is 7.80. The largest absolute Gasteiger partial charge is 0.461 e. The Kier molecular flexibility index (Phi) is 5.38. The number of likely N-dealkylation sites (tertiary alicyclic amines) is 1. The van der Waals surface area contributed by atoms with Crippen LogP contribution >= 0.6 is 0 Å². The van der Waals surface area contributed by atoms with Gasteiger partial charge in [-0.2, -0.15) is 5.10 Å². The van der Waals surface area contributed by atoms with Gasteiger partial charge in [-0.3, -0.25) is 4.79 Å². The van der Waals surface area contributed by atoms with E-state index in [4.69, 9.17) is 4.74 Å². The van der Waals surface area contributed by atoms with Gasteiger partial charge in [-0.05, 0) is 31.9 Å². The highest BCUT2D eigenvalue weighted by molar-refractivity contribution is 6.52. The third-order valence-electron chi connectivity index (χ3n) is 3.77. The summed E-state index contributed by atoms with van der Waals surface area (Å²) >= 11 is 0. The van der Waals surface area contributed by atoms with E-state index in [0.717, 1.165) is 25.1 Å². The fourth-order valence-electron chi connectivity index (χ4n) is 2.46. The van der Waals surface area contributed by atoms with E-state index in [-0.39, 0.29) is 17.9 Å². The average Bonchev–Trinajstić information content (AvgIpc) is 3.08. The Balaban J connectivity index is 2.36. The summed E-state index contributed by atoms with van der Waals surface area (Å²) in [6.45, 7) is 2.77.